The van der Waals surface area contributed by atoms with Crippen molar-refractivity contribution in [3.05, 3.63) is 34.9 Å². The molecule has 1 heterocycles. The van der Waals surface area contributed by atoms with Gasteiger partial charge in [0.15, 0.2) is 11.6 Å². The standard InChI is InChI=1S/C14H18F2N2O/c1-2-18-14(19)10-7-11(13(16)12(15)8-10)9-3-5-17-6-4-9/h7-9,17H,2-6H2,1H3,(H,18,19). The zero-order valence-electron chi connectivity index (χ0n) is 10.9. The van der Waals surface area contributed by atoms with Gasteiger partial charge in [0.25, 0.3) is 5.91 Å². The summed E-state index contributed by atoms with van der Waals surface area (Å²) in [5.41, 5.74) is 0.511. The number of hydrogen-bond acceptors (Lipinski definition) is 2. The van der Waals surface area contributed by atoms with Crippen LogP contribution in [0.4, 0.5) is 8.78 Å². The predicted octanol–water partition coefficient (Wildman–Crippen LogP) is 2.18. The van der Waals surface area contributed by atoms with Gasteiger partial charge in [-0.25, -0.2) is 8.78 Å². The minimum Gasteiger partial charge on any atom is -0.352 e. The maximum atomic E-state index is 13.9. The third kappa shape index (κ3) is 3.10. The van der Waals surface area contributed by atoms with Gasteiger partial charge < -0.3 is 10.6 Å². The molecular weight excluding hydrogens is 250 g/mol. The second-order valence-electron chi connectivity index (χ2n) is 4.75. The fraction of sp³-hybridized carbons (Fsp3) is 0.500. The highest BCUT2D eigenvalue weighted by Gasteiger charge is 2.22. The van der Waals surface area contributed by atoms with E-state index in [1.54, 1.807) is 6.92 Å². The van der Waals surface area contributed by atoms with E-state index >= 15 is 0 Å². The van der Waals surface area contributed by atoms with Crippen LogP contribution in [0.25, 0.3) is 0 Å². The number of nitrogens with one attached hydrogen (secondary N) is 2. The number of halogens is 2. The molecule has 0 aliphatic carbocycles. The first-order chi connectivity index (χ1) is 9.13. The van der Waals surface area contributed by atoms with Crippen molar-refractivity contribution in [1.29, 1.82) is 0 Å². The largest absolute Gasteiger partial charge is 0.352 e. The minimum atomic E-state index is -0.947. The lowest BCUT2D eigenvalue weighted by Crippen LogP contribution is -2.28. The monoisotopic (exact) mass is 268 g/mol. The van der Waals surface area contributed by atoms with Gasteiger partial charge in [-0.05, 0) is 56.5 Å². The van der Waals surface area contributed by atoms with Crippen LogP contribution in [0, 0.1) is 11.6 Å². The zero-order valence-corrected chi connectivity index (χ0v) is 10.9. The Morgan fingerprint density at radius 2 is 2.05 bits per heavy atom. The SMILES string of the molecule is CCNC(=O)c1cc(F)c(F)c(C2CCNCC2)c1. The van der Waals surface area contributed by atoms with Crippen LogP contribution in [-0.4, -0.2) is 25.5 Å². The van der Waals surface area contributed by atoms with Gasteiger partial charge in [-0.3, -0.25) is 4.79 Å². The normalized spacial score (nSPS) is 16.4. The molecule has 0 atom stereocenters. The molecule has 2 rings (SSSR count). The van der Waals surface area contributed by atoms with Gasteiger partial charge in [0.1, 0.15) is 0 Å². The molecule has 0 unspecified atom stereocenters. The summed E-state index contributed by atoms with van der Waals surface area (Å²) in [7, 11) is 0. The van der Waals surface area contributed by atoms with Gasteiger partial charge >= 0.3 is 0 Å². The van der Waals surface area contributed by atoms with Gasteiger partial charge in [-0.2, -0.15) is 0 Å². The van der Waals surface area contributed by atoms with E-state index in [-0.39, 0.29) is 17.4 Å². The zero-order chi connectivity index (χ0) is 13.8. The molecule has 1 aliphatic heterocycles. The number of amides is 1. The van der Waals surface area contributed by atoms with Crippen LogP contribution in [0.3, 0.4) is 0 Å². The molecule has 1 aliphatic rings. The smallest absolute Gasteiger partial charge is 0.251 e. The Hall–Kier alpha value is -1.49. The van der Waals surface area contributed by atoms with Crippen LogP contribution in [0.15, 0.2) is 12.1 Å². The maximum absolute atomic E-state index is 13.9. The van der Waals surface area contributed by atoms with Gasteiger partial charge in [0.2, 0.25) is 0 Å². The quantitative estimate of drug-likeness (QED) is 0.882. The number of hydrogen-bond donors (Lipinski definition) is 2. The van der Waals surface area contributed by atoms with Crippen molar-refractivity contribution in [2.75, 3.05) is 19.6 Å². The second kappa shape index (κ2) is 6.10. The molecular formula is C14H18F2N2O. The first kappa shape index (κ1) is 13.9. The lowest BCUT2D eigenvalue weighted by atomic mass is 9.88. The number of benzene rings is 1. The van der Waals surface area contributed by atoms with Gasteiger partial charge in [-0.1, -0.05) is 0 Å². The van der Waals surface area contributed by atoms with E-state index in [9.17, 15) is 13.6 Å². The number of carbonyl (C=O) groups is 1. The van der Waals surface area contributed by atoms with Crippen molar-refractivity contribution in [3.8, 4) is 0 Å². The van der Waals surface area contributed by atoms with Crippen molar-refractivity contribution < 1.29 is 13.6 Å². The summed E-state index contributed by atoms with van der Waals surface area (Å²) in [4.78, 5) is 11.7. The Bertz CT molecular complexity index is 471. The first-order valence-corrected chi connectivity index (χ1v) is 6.61. The molecule has 0 bridgehead atoms. The van der Waals surface area contributed by atoms with Crippen molar-refractivity contribution in [3.63, 3.8) is 0 Å². The highest BCUT2D eigenvalue weighted by Crippen LogP contribution is 2.29. The van der Waals surface area contributed by atoms with Crippen LogP contribution >= 0.6 is 0 Å². The van der Waals surface area contributed by atoms with E-state index in [0.29, 0.717) is 12.1 Å². The fourth-order valence-electron chi connectivity index (χ4n) is 2.43. The summed E-state index contributed by atoms with van der Waals surface area (Å²) in [6.45, 7) is 3.82. The minimum absolute atomic E-state index is 0.0230. The molecule has 19 heavy (non-hydrogen) atoms. The molecule has 0 spiro atoms. The van der Waals surface area contributed by atoms with E-state index in [1.165, 1.54) is 6.07 Å². The first-order valence-electron chi connectivity index (χ1n) is 6.61. The average Bonchev–Trinajstić information content (AvgIpc) is 2.43. The van der Waals surface area contributed by atoms with Crippen LogP contribution in [0.1, 0.15) is 41.6 Å². The fourth-order valence-corrected chi connectivity index (χ4v) is 2.43. The van der Waals surface area contributed by atoms with Gasteiger partial charge in [0.05, 0.1) is 0 Å². The lowest BCUT2D eigenvalue weighted by Gasteiger charge is -2.24. The van der Waals surface area contributed by atoms with Crippen LogP contribution < -0.4 is 10.6 Å². The Balaban J connectivity index is 2.33. The maximum Gasteiger partial charge on any atom is 0.251 e. The van der Waals surface area contributed by atoms with Crippen molar-refractivity contribution in [2.24, 2.45) is 0 Å². The highest BCUT2D eigenvalue weighted by molar-refractivity contribution is 5.94. The molecule has 1 saturated heterocycles. The molecule has 3 nitrogen and oxygen atoms in total. The summed E-state index contributed by atoms with van der Waals surface area (Å²) in [6.07, 6.45) is 1.52. The lowest BCUT2D eigenvalue weighted by molar-refractivity contribution is 0.0955. The van der Waals surface area contributed by atoms with E-state index in [2.05, 4.69) is 10.6 Å². The predicted molar refractivity (Wildman–Crippen MR) is 69.2 cm³/mol. The number of rotatable bonds is 3. The van der Waals surface area contributed by atoms with Crippen molar-refractivity contribution in [1.82, 2.24) is 10.6 Å². The molecule has 2 N–H and O–H groups in total. The van der Waals surface area contributed by atoms with Gasteiger partial charge in [-0.15, -0.1) is 0 Å². The summed E-state index contributed by atoms with van der Waals surface area (Å²) >= 11 is 0. The molecule has 1 aromatic carbocycles. The molecule has 1 amide bonds. The van der Waals surface area contributed by atoms with Crippen molar-refractivity contribution in [2.45, 2.75) is 25.7 Å². The van der Waals surface area contributed by atoms with Crippen LogP contribution in [0.5, 0.6) is 0 Å². The molecule has 0 aromatic heterocycles. The second-order valence-corrected chi connectivity index (χ2v) is 4.75. The van der Waals surface area contributed by atoms with E-state index in [0.717, 1.165) is 32.0 Å². The molecule has 0 radical (unpaired) electrons. The Morgan fingerprint density at radius 3 is 2.68 bits per heavy atom. The molecule has 1 fully saturated rings. The Labute approximate surface area is 111 Å². The van der Waals surface area contributed by atoms with E-state index in [1.807, 2.05) is 0 Å². The summed E-state index contributed by atoms with van der Waals surface area (Å²) in [6, 6.07) is 2.45. The molecule has 5 heteroatoms. The third-order valence-corrected chi connectivity index (χ3v) is 3.43. The third-order valence-electron chi connectivity index (χ3n) is 3.43. The molecule has 1 aromatic rings. The Morgan fingerprint density at radius 1 is 1.37 bits per heavy atom. The summed E-state index contributed by atoms with van der Waals surface area (Å²) in [5.74, 6) is -2.15. The number of piperidine rings is 1. The average molecular weight is 268 g/mol. The van der Waals surface area contributed by atoms with Crippen molar-refractivity contribution >= 4 is 5.91 Å². The topological polar surface area (TPSA) is 41.1 Å². The van der Waals surface area contributed by atoms with Crippen LogP contribution in [-0.2, 0) is 0 Å². The summed E-state index contributed by atoms with van der Waals surface area (Å²) < 4.78 is 27.5. The van der Waals surface area contributed by atoms with Crippen LogP contribution in [0.2, 0.25) is 0 Å². The van der Waals surface area contributed by atoms with Gasteiger partial charge in [0, 0.05) is 12.1 Å². The highest BCUT2D eigenvalue weighted by atomic mass is 19.2. The molecule has 0 saturated carbocycles. The van der Waals surface area contributed by atoms with E-state index in [4.69, 9.17) is 0 Å². The number of carbonyl (C=O) groups excluding carboxylic acids is 1. The van der Waals surface area contributed by atoms with E-state index < -0.39 is 11.6 Å². The Kier molecular flexibility index (Phi) is 4.47. The molecule has 104 valence electrons. The summed E-state index contributed by atoms with van der Waals surface area (Å²) in [5, 5.41) is 5.78.